The van der Waals surface area contributed by atoms with Crippen LogP contribution in [-0.2, 0) is 17.8 Å². The van der Waals surface area contributed by atoms with Crippen LogP contribution in [0.15, 0.2) is 42.7 Å². The molecule has 0 aliphatic heterocycles. The lowest BCUT2D eigenvalue weighted by molar-refractivity contribution is 0.119. The summed E-state index contributed by atoms with van der Waals surface area (Å²) in [5.74, 6) is 0. The van der Waals surface area contributed by atoms with Gasteiger partial charge in [0.1, 0.15) is 0 Å². The van der Waals surface area contributed by atoms with Gasteiger partial charge in [-0.15, -0.1) is 0 Å². The molecule has 1 aromatic carbocycles. The molecular formula is C15H17ClN2O. The molecule has 1 heterocycles. The van der Waals surface area contributed by atoms with Gasteiger partial charge in [0.25, 0.3) is 0 Å². The molecule has 0 aliphatic carbocycles. The highest BCUT2D eigenvalue weighted by Crippen LogP contribution is 2.19. The minimum Gasteiger partial charge on any atom is -0.399 e. The number of pyridine rings is 1. The van der Waals surface area contributed by atoms with Crippen LogP contribution >= 0.6 is 11.6 Å². The predicted octanol–water partition coefficient (Wildman–Crippen LogP) is 3.47. The van der Waals surface area contributed by atoms with E-state index in [4.69, 9.17) is 22.1 Å². The first-order valence-electron chi connectivity index (χ1n) is 6.26. The normalized spacial score (nSPS) is 10.6. The number of rotatable bonds is 6. The van der Waals surface area contributed by atoms with Gasteiger partial charge in [0.15, 0.2) is 0 Å². The van der Waals surface area contributed by atoms with Gasteiger partial charge in [0.05, 0.1) is 6.61 Å². The molecule has 2 aromatic rings. The first kappa shape index (κ1) is 13.8. The van der Waals surface area contributed by atoms with Crippen LogP contribution in [0.2, 0.25) is 5.02 Å². The second kappa shape index (κ2) is 7.12. The number of anilines is 1. The van der Waals surface area contributed by atoms with E-state index >= 15 is 0 Å². The lowest BCUT2D eigenvalue weighted by atomic mass is 10.1. The number of aryl methyl sites for hydroxylation is 1. The summed E-state index contributed by atoms with van der Waals surface area (Å²) in [4.78, 5) is 3.99. The lowest BCUT2D eigenvalue weighted by Gasteiger charge is -2.07. The second-order valence-electron chi connectivity index (χ2n) is 4.36. The largest absolute Gasteiger partial charge is 0.399 e. The van der Waals surface area contributed by atoms with E-state index in [9.17, 15) is 0 Å². The van der Waals surface area contributed by atoms with Crippen molar-refractivity contribution < 1.29 is 4.74 Å². The number of benzene rings is 1. The van der Waals surface area contributed by atoms with E-state index < -0.39 is 0 Å². The first-order valence-corrected chi connectivity index (χ1v) is 6.64. The van der Waals surface area contributed by atoms with Crippen molar-refractivity contribution in [3.8, 4) is 0 Å². The van der Waals surface area contributed by atoms with Crippen LogP contribution in [0.5, 0.6) is 0 Å². The summed E-state index contributed by atoms with van der Waals surface area (Å²) < 4.78 is 5.62. The Bertz CT molecular complexity index is 517. The zero-order chi connectivity index (χ0) is 13.5. The SMILES string of the molecule is Nc1ccc(Cl)c(COCCCc2ccncc2)c1. The van der Waals surface area contributed by atoms with Gasteiger partial charge in [-0.1, -0.05) is 11.6 Å². The highest BCUT2D eigenvalue weighted by Gasteiger charge is 2.01. The molecule has 0 unspecified atom stereocenters. The van der Waals surface area contributed by atoms with Crippen LogP contribution in [0.3, 0.4) is 0 Å². The number of nitrogens with two attached hydrogens (primary N) is 1. The molecule has 4 heteroatoms. The Kier molecular flexibility index (Phi) is 5.19. The molecule has 0 saturated carbocycles. The first-order chi connectivity index (χ1) is 9.25. The number of hydrogen-bond acceptors (Lipinski definition) is 3. The number of hydrogen-bond donors (Lipinski definition) is 1. The van der Waals surface area contributed by atoms with Gasteiger partial charge in [-0.05, 0) is 54.3 Å². The molecule has 2 N–H and O–H groups in total. The van der Waals surface area contributed by atoms with Crippen LogP contribution in [0, 0.1) is 0 Å². The van der Waals surface area contributed by atoms with E-state index in [1.807, 2.05) is 30.6 Å². The van der Waals surface area contributed by atoms with Crippen LogP contribution in [-0.4, -0.2) is 11.6 Å². The quantitative estimate of drug-likeness (QED) is 0.649. The van der Waals surface area contributed by atoms with Crippen molar-refractivity contribution >= 4 is 17.3 Å². The van der Waals surface area contributed by atoms with Gasteiger partial charge in [-0.25, -0.2) is 0 Å². The lowest BCUT2D eigenvalue weighted by Crippen LogP contribution is -1.99. The maximum atomic E-state index is 6.06. The fraction of sp³-hybridized carbons (Fsp3) is 0.267. The van der Waals surface area contributed by atoms with Gasteiger partial charge in [0, 0.05) is 29.7 Å². The van der Waals surface area contributed by atoms with Gasteiger partial charge >= 0.3 is 0 Å². The Morgan fingerprint density at radius 3 is 2.74 bits per heavy atom. The minimum atomic E-state index is 0.500. The highest BCUT2D eigenvalue weighted by molar-refractivity contribution is 6.31. The maximum Gasteiger partial charge on any atom is 0.0732 e. The summed E-state index contributed by atoms with van der Waals surface area (Å²) in [7, 11) is 0. The predicted molar refractivity (Wildman–Crippen MR) is 78.1 cm³/mol. The van der Waals surface area contributed by atoms with Crippen LogP contribution in [0.25, 0.3) is 0 Å². The monoisotopic (exact) mass is 276 g/mol. The summed E-state index contributed by atoms with van der Waals surface area (Å²) >= 11 is 6.06. The average molecular weight is 277 g/mol. The molecule has 3 nitrogen and oxygen atoms in total. The van der Waals surface area contributed by atoms with E-state index in [0.717, 1.165) is 18.4 Å². The van der Waals surface area contributed by atoms with Crippen LogP contribution in [0.4, 0.5) is 5.69 Å². The molecule has 0 fully saturated rings. The van der Waals surface area contributed by atoms with E-state index in [-0.39, 0.29) is 0 Å². The molecule has 1 aromatic heterocycles. The topological polar surface area (TPSA) is 48.1 Å². The fourth-order valence-electron chi connectivity index (χ4n) is 1.82. The summed E-state index contributed by atoms with van der Waals surface area (Å²) in [5.41, 5.74) is 8.64. The Labute approximate surface area is 118 Å². The van der Waals surface area contributed by atoms with Gasteiger partial charge in [-0.2, -0.15) is 0 Å². The fourth-order valence-corrected chi connectivity index (χ4v) is 1.99. The second-order valence-corrected chi connectivity index (χ2v) is 4.77. The van der Waals surface area contributed by atoms with E-state index in [1.165, 1.54) is 5.56 Å². The molecule has 0 bridgehead atoms. The molecule has 100 valence electrons. The zero-order valence-electron chi connectivity index (χ0n) is 10.7. The number of nitrogens with zero attached hydrogens (tertiary/aromatic N) is 1. The van der Waals surface area contributed by atoms with Crippen molar-refractivity contribution in [2.75, 3.05) is 12.3 Å². The molecule has 0 atom stereocenters. The van der Waals surface area contributed by atoms with Crippen molar-refractivity contribution in [2.45, 2.75) is 19.4 Å². The molecule has 0 spiro atoms. The number of aromatic nitrogens is 1. The Morgan fingerprint density at radius 2 is 1.95 bits per heavy atom. The molecule has 0 amide bonds. The third-order valence-electron chi connectivity index (χ3n) is 2.83. The minimum absolute atomic E-state index is 0.500. The molecule has 19 heavy (non-hydrogen) atoms. The third-order valence-corrected chi connectivity index (χ3v) is 3.20. The van der Waals surface area contributed by atoms with Gasteiger partial charge in [0.2, 0.25) is 0 Å². The third kappa shape index (κ3) is 4.54. The average Bonchev–Trinajstić information content (AvgIpc) is 2.43. The highest BCUT2D eigenvalue weighted by atomic mass is 35.5. The van der Waals surface area contributed by atoms with Crippen molar-refractivity contribution in [3.05, 3.63) is 58.9 Å². The van der Waals surface area contributed by atoms with Crippen LogP contribution < -0.4 is 5.73 Å². The zero-order valence-corrected chi connectivity index (χ0v) is 11.4. The summed E-state index contributed by atoms with van der Waals surface area (Å²) in [5, 5.41) is 0.698. The molecule has 0 radical (unpaired) electrons. The van der Waals surface area contributed by atoms with Crippen molar-refractivity contribution in [3.63, 3.8) is 0 Å². The Morgan fingerprint density at radius 1 is 1.16 bits per heavy atom. The molecule has 2 rings (SSSR count). The smallest absolute Gasteiger partial charge is 0.0732 e. The van der Waals surface area contributed by atoms with Crippen molar-refractivity contribution in [1.29, 1.82) is 0 Å². The van der Waals surface area contributed by atoms with E-state index in [2.05, 4.69) is 4.98 Å². The standard InChI is InChI=1S/C15H17ClN2O/c16-15-4-3-14(17)10-13(15)11-19-9-1-2-12-5-7-18-8-6-12/h3-8,10H,1-2,9,11,17H2. The van der Waals surface area contributed by atoms with Gasteiger partial charge < -0.3 is 10.5 Å². The Balaban J connectivity index is 1.71. The summed E-state index contributed by atoms with van der Waals surface area (Å²) in [6, 6.07) is 9.48. The molecule has 0 aliphatic rings. The summed E-state index contributed by atoms with van der Waals surface area (Å²) in [6.45, 7) is 1.20. The van der Waals surface area contributed by atoms with Crippen LogP contribution in [0.1, 0.15) is 17.5 Å². The van der Waals surface area contributed by atoms with Gasteiger partial charge in [-0.3, -0.25) is 4.98 Å². The van der Waals surface area contributed by atoms with Crippen molar-refractivity contribution in [2.24, 2.45) is 0 Å². The molecule has 0 saturated heterocycles. The number of ether oxygens (including phenoxy) is 1. The number of halogens is 1. The maximum absolute atomic E-state index is 6.06. The van der Waals surface area contributed by atoms with Crippen molar-refractivity contribution in [1.82, 2.24) is 4.98 Å². The summed E-state index contributed by atoms with van der Waals surface area (Å²) in [6.07, 6.45) is 5.59. The molecular weight excluding hydrogens is 260 g/mol. The number of nitrogen functional groups attached to an aromatic ring is 1. The Hall–Kier alpha value is -1.58. The van der Waals surface area contributed by atoms with E-state index in [1.54, 1.807) is 12.1 Å². The van der Waals surface area contributed by atoms with E-state index in [0.29, 0.717) is 23.9 Å².